The van der Waals surface area contributed by atoms with Gasteiger partial charge in [0.15, 0.2) is 5.69 Å². The third-order valence-corrected chi connectivity index (χ3v) is 3.17. The van der Waals surface area contributed by atoms with Crippen molar-refractivity contribution in [3.05, 3.63) is 52.9 Å². The molecule has 0 aliphatic heterocycles. The van der Waals surface area contributed by atoms with Crippen LogP contribution in [0.3, 0.4) is 0 Å². The maximum atomic E-state index is 12.0. The van der Waals surface area contributed by atoms with Crippen LogP contribution in [0.5, 0.6) is 0 Å². The van der Waals surface area contributed by atoms with Gasteiger partial charge in [-0.05, 0) is 19.4 Å². The highest BCUT2D eigenvalue weighted by Gasteiger charge is 2.16. The lowest BCUT2D eigenvalue weighted by Gasteiger charge is -2.18. The van der Waals surface area contributed by atoms with E-state index in [1.54, 1.807) is 13.0 Å². The van der Waals surface area contributed by atoms with Gasteiger partial charge in [-0.15, -0.1) is 0 Å². The summed E-state index contributed by atoms with van der Waals surface area (Å²) in [5.74, 6) is 0.262. The first-order valence-electron chi connectivity index (χ1n) is 7.10. The number of ether oxygens (including phenoxy) is 1. The number of aliphatic hydroxyl groups is 1. The van der Waals surface area contributed by atoms with E-state index in [2.05, 4.69) is 10.5 Å². The van der Waals surface area contributed by atoms with Gasteiger partial charge in [0, 0.05) is 12.6 Å². The molecule has 0 unspecified atom stereocenters. The minimum Gasteiger partial charge on any atom is -0.394 e. The molecule has 1 aromatic carbocycles. The second kappa shape index (κ2) is 7.72. The van der Waals surface area contributed by atoms with Crippen molar-refractivity contribution >= 4 is 5.91 Å². The summed E-state index contributed by atoms with van der Waals surface area (Å²) >= 11 is 0. The highest BCUT2D eigenvalue weighted by Crippen LogP contribution is 2.17. The van der Waals surface area contributed by atoms with Crippen LogP contribution in [0, 0.1) is 13.8 Å². The minimum atomic E-state index is -0.329. The Hall–Kier alpha value is -2.18. The predicted octanol–water partition coefficient (Wildman–Crippen LogP) is 1.77. The van der Waals surface area contributed by atoms with E-state index < -0.39 is 0 Å². The molecule has 1 heterocycles. The lowest BCUT2D eigenvalue weighted by Crippen LogP contribution is -2.30. The van der Waals surface area contributed by atoms with E-state index in [-0.39, 0.29) is 37.5 Å². The Balaban J connectivity index is 2.00. The number of aromatic nitrogens is 1. The molecule has 0 bridgehead atoms. The number of amides is 1. The molecule has 6 heteroatoms. The van der Waals surface area contributed by atoms with Gasteiger partial charge in [-0.2, -0.15) is 0 Å². The van der Waals surface area contributed by atoms with Gasteiger partial charge < -0.3 is 19.7 Å². The molecule has 0 fully saturated rings. The number of hydrogen-bond donors (Lipinski definition) is 2. The second-order valence-corrected chi connectivity index (χ2v) is 5.03. The zero-order chi connectivity index (χ0) is 15.9. The zero-order valence-electron chi connectivity index (χ0n) is 12.7. The summed E-state index contributed by atoms with van der Waals surface area (Å²) in [7, 11) is 0. The standard InChI is InChI=1S/C16H20N2O4/c1-11-3-5-13(6-4-11)15(21-8-7-19)10-17-16(20)14-9-12(2)22-18-14/h3-6,9,15,19H,7-8,10H2,1-2H3,(H,17,20)/t15-/m1/s1. The van der Waals surface area contributed by atoms with E-state index in [0.717, 1.165) is 11.1 Å². The number of carbonyl (C=O) groups is 1. The third kappa shape index (κ3) is 4.41. The summed E-state index contributed by atoms with van der Waals surface area (Å²) < 4.78 is 10.5. The number of aliphatic hydroxyl groups excluding tert-OH is 1. The molecule has 1 atom stereocenters. The van der Waals surface area contributed by atoms with Crippen molar-refractivity contribution in [2.75, 3.05) is 19.8 Å². The summed E-state index contributed by atoms with van der Waals surface area (Å²) in [4.78, 5) is 12.0. The normalized spacial score (nSPS) is 12.1. The quantitative estimate of drug-likeness (QED) is 0.814. The molecule has 6 nitrogen and oxygen atoms in total. The first-order chi connectivity index (χ1) is 10.6. The zero-order valence-corrected chi connectivity index (χ0v) is 12.7. The van der Waals surface area contributed by atoms with E-state index >= 15 is 0 Å². The SMILES string of the molecule is Cc1ccc([C@@H](CNC(=O)c2cc(C)on2)OCCO)cc1. The van der Waals surface area contributed by atoms with Crippen LogP contribution in [0.1, 0.15) is 33.5 Å². The number of nitrogens with one attached hydrogen (secondary N) is 1. The summed E-state index contributed by atoms with van der Waals surface area (Å²) in [6.07, 6.45) is -0.329. The molecule has 118 valence electrons. The fraction of sp³-hybridized carbons (Fsp3) is 0.375. The van der Waals surface area contributed by atoms with Crippen molar-refractivity contribution in [3.8, 4) is 0 Å². The molecule has 0 saturated carbocycles. The Morgan fingerprint density at radius 2 is 2.09 bits per heavy atom. The molecule has 2 N–H and O–H groups in total. The van der Waals surface area contributed by atoms with Gasteiger partial charge in [-0.3, -0.25) is 4.79 Å². The summed E-state index contributed by atoms with van der Waals surface area (Å²) in [6, 6.07) is 9.43. The summed E-state index contributed by atoms with van der Waals surface area (Å²) in [6.45, 7) is 4.15. The van der Waals surface area contributed by atoms with Crippen LogP contribution in [0.2, 0.25) is 0 Å². The maximum absolute atomic E-state index is 12.0. The number of hydrogen-bond acceptors (Lipinski definition) is 5. The number of aryl methyl sites for hydroxylation is 2. The van der Waals surface area contributed by atoms with Crippen LogP contribution in [0.15, 0.2) is 34.9 Å². The Kier molecular flexibility index (Phi) is 5.68. The highest BCUT2D eigenvalue weighted by molar-refractivity contribution is 5.92. The highest BCUT2D eigenvalue weighted by atomic mass is 16.5. The Morgan fingerprint density at radius 1 is 1.36 bits per heavy atom. The van der Waals surface area contributed by atoms with E-state index in [1.807, 2.05) is 31.2 Å². The largest absolute Gasteiger partial charge is 0.394 e. The average Bonchev–Trinajstić information content (AvgIpc) is 2.95. The molecule has 0 radical (unpaired) electrons. The average molecular weight is 304 g/mol. The lowest BCUT2D eigenvalue weighted by molar-refractivity contribution is 0.0276. The van der Waals surface area contributed by atoms with Crippen LogP contribution in [0.4, 0.5) is 0 Å². The molecule has 0 spiro atoms. The summed E-state index contributed by atoms with van der Waals surface area (Å²) in [5.41, 5.74) is 2.32. The van der Waals surface area contributed by atoms with Crippen molar-refractivity contribution in [3.63, 3.8) is 0 Å². The van der Waals surface area contributed by atoms with Crippen molar-refractivity contribution in [2.45, 2.75) is 20.0 Å². The van der Waals surface area contributed by atoms with Gasteiger partial charge in [0.05, 0.1) is 19.3 Å². The fourth-order valence-corrected chi connectivity index (χ4v) is 2.00. The van der Waals surface area contributed by atoms with Crippen molar-refractivity contribution in [1.82, 2.24) is 10.5 Å². The van der Waals surface area contributed by atoms with Gasteiger partial charge in [-0.1, -0.05) is 35.0 Å². The first-order valence-corrected chi connectivity index (χ1v) is 7.10. The molecule has 2 rings (SSSR count). The van der Waals surface area contributed by atoms with E-state index in [1.165, 1.54) is 0 Å². The topological polar surface area (TPSA) is 84.6 Å². The van der Waals surface area contributed by atoms with Gasteiger partial charge in [0.25, 0.3) is 5.91 Å². The van der Waals surface area contributed by atoms with E-state index in [0.29, 0.717) is 5.76 Å². The molecule has 0 saturated heterocycles. The molecule has 0 aliphatic carbocycles. The van der Waals surface area contributed by atoms with Crippen molar-refractivity contribution in [2.24, 2.45) is 0 Å². The van der Waals surface area contributed by atoms with Crippen LogP contribution in [-0.4, -0.2) is 35.9 Å². The van der Waals surface area contributed by atoms with E-state index in [9.17, 15) is 4.79 Å². The lowest BCUT2D eigenvalue weighted by atomic mass is 10.1. The number of carbonyl (C=O) groups excluding carboxylic acids is 1. The predicted molar refractivity (Wildman–Crippen MR) is 80.5 cm³/mol. The van der Waals surface area contributed by atoms with Crippen LogP contribution >= 0.6 is 0 Å². The minimum absolute atomic E-state index is 0.0706. The second-order valence-electron chi connectivity index (χ2n) is 5.03. The smallest absolute Gasteiger partial charge is 0.273 e. The monoisotopic (exact) mass is 304 g/mol. The molecular formula is C16H20N2O4. The first kappa shape index (κ1) is 16.2. The Morgan fingerprint density at radius 3 is 2.68 bits per heavy atom. The van der Waals surface area contributed by atoms with Crippen molar-refractivity contribution < 1.29 is 19.2 Å². The Labute approximate surface area is 129 Å². The Bertz CT molecular complexity index is 607. The van der Waals surface area contributed by atoms with E-state index in [4.69, 9.17) is 14.4 Å². The van der Waals surface area contributed by atoms with Crippen molar-refractivity contribution in [1.29, 1.82) is 0 Å². The van der Waals surface area contributed by atoms with Gasteiger partial charge in [-0.25, -0.2) is 0 Å². The molecule has 0 aliphatic rings. The summed E-state index contributed by atoms with van der Waals surface area (Å²) in [5, 5.41) is 15.4. The van der Waals surface area contributed by atoms with Gasteiger partial charge in [0.2, 0.25) is 0 Å². The molecule has 1 amide bonds. The molecule has 22 heavy (non-hydrogen) atoms. The van der Waals surface area contributed by atoms with Gasteiger partial charge in [0.1, 0.15) is 5.76 Å². The molecule has 1 aromatic heterocycles. The number of rotatable bonds is 7. The van der Waals surface area contributed by atoms with Crippen LogP contribution in [0.25, 0.3) is 0 Å². The van der Waals surface area contributed by atoms with Gasteiger partial charge >= 0.3 is 0 Å². The van der Waals surface area contributed by atoms with Crippen LogP contribution < -0.4 is 5.32 Å². The molecular weight excluding hydrogens is 284 g/mol. The van der Waals surface area contributed by atoms with Crippen LogP contribution in [-0.2, 0) is 4.74 Å². The fourth-order valence-electron chi connectivity index (χ4n) is 2.00. The third-order valence-electron chi connectivity index (χ3n) is 3.17. The maximum Gasteiger partial charge on any atom is 0.273 e. The number of benzene rings is 1. The number of nitrogens with zero attached hydrogens (tertiary/aromatic N) is 1. The molecule has 2 aromatic rings.